The lowest BCUT2D eigenvalue weighted by Crippen LogP contribution is -2.36. The molecular weight excluding hydrogens is 412 g/mol. The van der Waals surface area contributed by atoms with Gasteiger partial charge in [0.15, 0.2) is 11.5 Å². The molecule has 1 amide bonds. The van der Waals surface area contributed by atoms with Gasteiger partial charge in [-0.3, -0.25) is 13.9 Å². The third-order valence-corrected chi connectivity index (χ3v) is 5.78. The Hall–Kier alpha value is -3.27. The highest BCUT2D eigenvalue weighted by atomic mass is 32.2. The molecule has 0 heterocycles. The molecule has 0 spiro atoms. The van der Waals surface area contributed by atoms with E-state index in [9.17, 15) is 18.0 Å². The van der Waals surface area contributed by atoms with Crippen molar-refractivity contribution in [1.82, 2.24) is 0 Å². The summed E-state index contributed by atoms with van der Waals surface area (Å²) in [6.45, 7) is 2.57. The first-order valence-electron chi connectivity index (χ1n) is 9.01. The average molecular weight is 436 g/mol. The standard InChI is InChI=1S/C20H24N2O7S/c1-5-29-20(24)13-22(16-8-11-18(27-3)19(12-16)28-4)30(25,26)17-9-6-15(7-10-17)21-14(2)23/h6-12H,5,13H2,1-4H3,(H,21,23). The molecule has 10 heteroatoms. The molecule has 9 nitrogen and oxygen atoms in total. The highest BCUT2D eigenvalue weighted by Crippen LogP contribution is 2.34. The minimum absolute atomic E-state index is 0.0596. The quantitative estimate of drug-likeness (QED) is 0.601. The maximum atomic E-state index is 13.3. The summed E-state index contributed by atoms with van der Waals surface area (Å²) >= 11 is 0. The van der Waals surface area contributed by atoms with Gasteiger partial charge in [0.25, 0.3) is 10.0 Å². The molecule has 0 atom stereocenters. The number of nitrogens with one attached hydrogen (secondary N) is 1. The van der Waals surface area contributed by atoms with Crippen LogP contribution in [0.5, 0.6) is 11.5 Å². The van der Waals surface area contributed by atoms with E-state index in [1.165, 1.54) is 57.5 Å². The van der Waals surface area contributed by atoms with E-state index in [2.05, 4.69) is 5.32 Å². The van der Waals surface area contributed by atoms with Gasteiger partial charge in [-0.15, -0.1) is 0 Å². The molecule has 0 fully saturated rings. The second-order valence-corrected chi connectivity index (χ2v) is 7.92. The van der Waals surface area contributed by atoms with Crippen molar-refractivity contribution in [2.45, 2.75) is 18.7 Å². The van der Waals surface area contributed by atoms with Gasteiger partial charge in [-0.2, -0.15) is 0 Å². The molecule has 2 aromatic carbocycles. The lowest BCUT2D eigenvalue weighted by atomic mass is 10.2. The van der Waals surface area contributed by atoms with E-state index in [4.69, 9.17) is 14.2 Å². The number of benzene rings is 2. The lowest BCUT2D eigenvalue weighted by molar-refractivity contribution is -0.141. The first-order valence-corrected chi connectivity index (χ1v) is 10.4. The van der Waals surface area contributed by atoms with Crippen molar-refractivity contribution in [3.05, 3.63) is 42.5 Å². The van der Waals surface area contributed by atoms with Crippen molar-refractivity contribution in [3.63, 3.8) is 0 Å². The molecule has 0 bridgehead atoms. The average Bonchev–Trinajstić information content (AvgIpc) is 2.71. The highest BCUT2D eigenvalue weighted by Gasteiger charge is 2.28. The number of esters is 1. The fourth-order valence-corrected chi connectivity index (χ4v) is 4.06. The van der Waals surface area contributed by atoms with Crippen molar-refractivity contribution in [3.8, 4) is 11.5 Å². The van der Waals surface area contributed by atoms with Crippen molar-refractivity contribution in [1.29, 1.82) is 0 Å². The summed E-state index contributed by atoms with van der Waals surface area (Å²) in [4.78, 5) is 23.2. The van der Waals surface area contributed by atoms with Gasteiger partial charge in [0.2, 0.25) is 5.91 Å². The number of hydrogen-bond donors (Lipinski definition) is 1. The molecule has 2 aromatic rings. The van der Waals surface area contributed by atoms with Crippen molar-refractivity contribution in [2.24, 2.45) is 0 Å². The molecule has 0 saturated carbocycles. The van der Waals surface area contributed by atoms with Gasteiger partial charge < -0.3 is 19.5 Å². The molecule has 30 heavy (non-hydrogen) atoms. The molecule has 162 valence electrons. The van der Waals surface area contributed by atoms with Crippen LogP contribution in [0.1, 0.15) is 13.8 Å². The van der Waals surface area contributed by atoms with Gasteiger partial charge in [0, 0.05) is 18.7 Å². The number of sulfonamides is 1. The van der Waals surface area contributed by atoms with Gasteiger partial charge in [0.1, 0.15) is 6.54 Å². The van der Waals surface area contributed by atoms with E-state index < -0.39 is 22.5 Å². The number of anilines is 2. The summed E-state index contributed by atoms with van der Waals surface area (Å²) < 4.78 is 42.9. The summed E-state index contributed by atoms with van der Waals surface area (Å²) in [6.07, 6.45) is 0. The van der Waals surface area contributed by atoms with E-state index in [0.717, 1.165) is 4.31 Å². The maximum absolute atomic E-state index is 13.3. The molecule has 2 rings (SSSR count). The van der Waals surface area contributed by atoms with Gasteiger partial charge >= 0.3 is 5.97 Å². The molecule has 0 radical (unpaired) electrons. The van der Waals surface area contributed by atoms with E-state index in [-0.39, 0.29) is 23.1 Å². The molecule has 0 aromatic heterocycles. The van der Waals surface area contributed by atoms with E-state index in [1.807, 2.05) is 0 Å². The summed E-state index contributed by atoms with van der Waals surface area (Å²) in [5.41, 5.74) is 0.649. The molecule has 1 N–H and O–H groups in total. The number of carbonyl (C=O) groups excluding carboxylic acids is 2. The van der Waals surface area contributed by atoms with Crippen molar-refractivity contribution >= 4 is 33.3 Å². The first-order chi connectivity index (χ1) is 14.2. The zero-order valence-corrected chi connectivity index (χ0v) is 18.0. The van der Waals surface area contributed by atoms with Gasteiger partial charge in [0.05, 0.1) is 31.4 Å². The molecule has 0 aliphatic rings. The Bertz CT molecular complexity index is 1000. The van der Waals surface area contributed by atoms with Crippen LogP contribution < -0.4 is 19.1 Å². The van der Waals surface area contributed by atoms with E-state index in [0.29, 0.717) is 17.2 Å². The smallest absolute Gasteiger partial charge is 0.326 e. The second kappa shape index (κ2) is 9.97. The van der Waals surface area contributed by atoms with E-state index in [1.54, 1.807) is 13.0 Å². The molecule has 0 aliphatic heterocycles. The summed E-state index contributed by atoms with van der Waals surface area (Å²) in [5.74, 6) is -0.264. The normalized spacial score (nSPS) is 10.8. The van der Waals surface area contributed by atoms with Gasteiger partial charge in [-0.05, 0) is 43.3 Å². The minimum Gasteiger partial charge on any atom is -0.493 e. The SMILES string of the molecule is CCOC(=O)CN(c1ccc(OC)c(OC)c1)S(=O)(=O)c1ccc(NC(C)=O)cc1. The molecule has 0 aliphatic carbocycles. The van der Waals surface area contributed by atoms with Crippen LogP contribution in [0.15, 0.2) is 47.4 Å². The van der Waals surface area contributed by atoms with Crippen LogP contribution in [0.4, 0.5) is 11.4 Å². The lowest BCUT2D eigenvalue weighted by Gasteiger charge is -2.24. The van der Waals surface area contributed by atoms with Crippen LogP contribution in [-0.2, 0) is 24.3 Å². The fourth-order valence-electron chi connectivity index (χ4n) is 2.66. The Morgan fingerprint density at radius 2 is 1.63 bits per heavy atom. The molecule has 0 unspecified atom stereocenters. The second-order valence-electron chi connectivity index (χ2n) is 6.06. The Kier molecular flexibility index (Phi) is 7.65. The van der Waals surface area contributed by atoms with Crippen LogP contribution in [0, 0.1) is 0 Å². The predicted octanol–water partition coefficient (Wildman–Crippen LogP) is 2.42. The summed E-state index contributed by atoms with van der Waals surface area (Å²) in [6, 6.07) is 10.1. The third-order valence-electron chi connectivity index (χ3n) is 4.00. The van der Waals surface area contributed by atoms with Crippen molar-refractivity contribution < 1.29 is 32.2 Å². The Balaban J connectivity index is 2.50. The maximum Gasteiger partial charge on any atom is 0.326 e. The molecule has 0 saturated heterocycles. The molecular formula is C20H24N2O7S. The van der Waals surface area contributed by atoms with Crippen LogP contribution >= 0.6 is 0 Å². The number of hydrogen-bond acceptors (Lipinski definition) is 7. The third kappa shape index (κ3) is 5.41. The Morgan fingerprint density at radius 3 is 2.17 bits per heavy atom. The number of nitrogens with zero attached hydrogens (tertiary/aromatic N) is 1. The Morgan fingerprint density at radius 1 is 1.00 bits per heavy atom. The number of ether oxygens (including phenoxy) is 3. The number of carbonyl (C=O) groups is 2. The van der Waals surface area contributed by atoms with Gasteiger partial charge in [-0.1, -0.05) is 0 Å². The zero-order chi connectivity index (χ0) is 22.3. The monoisotopic (exact) mass is 436 g/mol. The number of amides is 1. The summed E-state index contributed by atoms with van der Waals surface area (Å²) in [5, 5.41) is 2.57. The van der Waals surface area contributed by atoms with Gasteiger partial charge in [-0.25, -0.2) is 8.42 Å². The first kappa shape index (κ1) is 23.0. The Labute approximate surface area is 175 Å². The largest absolute Gasteiger partial charge is 0.493 e. The highest BCUT2D eigenvalue weighted by molar-refractivity contribution is 7.92. The van der Waals surface area contributed by atoms with E-state index >= 15 is 0 Å². The zero-order valence-electron chi connectivity index (χ0n) is 17.2. The fraction of sp³-hybridized carbons (Fsp3) is 0.300. The topological polar surface area (TPSA) is 111 Å². The summed E-state index contributed by atoms with van der Waals surface area (Å²) in [7, 11) is -1.25. The number of methoxy groups -OCH3 is 2. The predicted molar refractivity (Wildman–Crippen MR) is 111 cm³/mol. The van der Waals surface area contributed by atoms with Crippen LogP contribution in [0.25, 0.3) is 0 Å². The van der Waals surface area contributed by atoms with Crippen LogP contribution in [0.3, 0.4) is 0 Å². The number of rotatable bonds is 9. The van der Waals surface area contributed by atoms with Crippen LogP contribution in [0.2, 0.25) is 0 Å². The van der Waals surface area contributed by atoms with Crippen molar-refractivity contribution in [2.75, 3.05) is 37.0 Å². The van der Waals surface area contributed by atoms with Crippen LogP contribution in [-0.4, -0.2) is 47.7 Å². The minimum atomic E-state index is -4.13.